The number of amides is 1. The Kier molecular flexibility index (Phi) is 4.82. The fraction of sp³-hybridized carbons (Fsp3) is 0.529. The number of piperidine rings is 1. The van der Waals surface area contributed by atoms with Crippen LogP contribution < -0.4 is 5.32 Å². The second kappa shape index (κ2) is 6.84. The highest BCUT2D eigenvalue weighted by Crippen LogP contribution is 2.33. The van der Waals surface area contributed by atoms with Gasteiger partial charge in [-0.2, -0.15) is 0 Å². The lowest BCUT2D eigenvalue weighted by Gasteiger charge is -2.35. The van der Waals surface area contributed by atoms with Crippen molar-refractivity contribution in [2.45, 2.75) is 38.8 Å². The van der Waals surface area contributed by atoms with E-state index >= 15 is 0 Å². The molecule has 3 heterocycles. The fourth-order valence-electron chi connectivity index (χ4n) is 3.42. The van der Waals surface area contributed by atoms with E-state index in [4.69, 9.17) is 0 Å². The maximum absolute atomic E-state index is 12.0. The third-order valence-electron chi connectivity index (χ3n) is 4.61. The number of hydrogen-bond acceptors (Lipinski definition) is 4. The highest BCUT2D eigenvalue weighted by atomic mass is 32.1. The van der Waals surface area contributed by atoms with Crippen LogP contribution >= 0.6 is 11.3 Å². The number of carbonyl (C=O) groups excluding carboxylic acids is 1. The van der Waals surface area contributed by atoms with E-state index in [0.29, 0.717) is 6.04 Å². The van der Waals surface area contributed by atoms with Crippen LogP contribution in [0.25, 0.3) is 0 Å². The minimum absolute atomic E-state index is 0.0313. The molecule has 0 saturated carbocycles. The van der Waals surface area contributed by atoms with Crippen molar-refractivity contribution in [3.63, 3.8) is 0 Å². The highest BCUT2D eigenvalue weighted by Gasteiger charge is 2.27. The third kappa shape index (κ3) is 3.33. The van der Waals surface area contributed by atoms with Gasteiger partial charge in [-0.05, 0) is 38.4 Å². The Bertz CT molecular complexity index is 691. The molecule has 1 saturated heterocycles. The normalized spacial score (nSPS) is 19.0. The predicted octanol–water partition coefficient (Wildman–Crippen LogP) is 2.88. The van der Waals surface area contributed by atoms with Crippen LogP contribution in [0, 0.1) is 6.92 Å². The molecule has 124 valence electrons. The zero-order chi connectivity index (χ0) is 16.4. The highest BCUT2D eigenvalue weighted by molar-refractivity contribution is 7.09. The van der Waals surface area contributed by atoms with Gasteiger partial charge >= 0.3 is 0 Å². The Hall–Kier alpha value is -1.66. The van der Waals surface area contributed by atoms with Crippen molar-refractivity contribution in [1.82, 2.24) is 19.8 Å². The third-order valence-corrected chi connectivity index (χ3v) is 5.43. The minimum Gasteiger partial charge on any atom is -0.354 e. The first-order chi connectivity index (χ1) is 11.1. The van der Waals surface area contributed by atoms with Crippen LogP contribution in [-0.4, -0.2) is 34.0 Å². The Morgan fingerprint density at radius 1 is 1.43 bits per heavy atom. The molecule has 1 aliphatic rings. The molecule has 1 N–H and O–H groups in total. The molecule has 5 nitrogen and oxygen atoms in total. The van der Waals surface area contributed by atoms with Gasteiger partial charge in [-0.25, -0.2) is 4.98 Å². The largest absolute Gasteiger partial charge is 0.354 e. The summed E-state index contributed by atoms with van der Waals surface area (Å²) in [5.41, 5.74) is 3.09. The van der Waals surface area contributed by atoms with Gasteiger partial charge in [-0.3, -0.25) is 9.69 Å². The number of nitrogens with zero attached hydrogens (tertiary/aromatic N) is 3. The van der Waals surface area contributed by atoms with Crippen LogP contribution in [0.5, 0.6) is 0 Å². The van der Waals surface area contributed by atoms with Gasteiger partial charge in [0.15, 0.2) is 0 Å². The molecular weight excluding hydrogens is 308 g/mol. The molecule has 0 bridgehead atoms. The van der Waals surface area contributed by atoms with Crippen LogP contribution in [0.4, 0.5) is 0 Å². The maximum Gasteiger partial charge on any atom is 0.267 e. The zero-order valence-corrected chi connectivity index (χ0v) is 14.8. The number of carbonyl (C=O) groups is 1. The molecule has 1 unspecified atom stereocenters. The molecule has 1 fully saturated rings. The molecule has 1 atom stereocenters. The lowest BCUT2D eigenvalue weighted by atomic mass is 9.99. The van der Waals surface area contributed by atoms with Gasteiger partial charge in [0.1, 0.15) is 5.69 Å². The molecule has 0 aromatic carbocycles. The molecule has 1 aliphatic heterocycles. The average Bonchev–Trinajstić information content (AvgIpc) is 3.13. The molecule has 1 amide bonds. The van der Waals surface area contributed by atoms with E-state index in [-0.39, 0.29) is 5.91 Å². The van der Waals surface area contributed by atoms with Gasteiger partial charge in [0.25, 0.3) is 5.91 Å². The Balaban J connectivity index is 1.84. The average molecular weight is 332 g/mol. The number of rotatable bonds is 4. The van der Waals surface area contributed by atoms with Crippen molar-refractivity contribution in [2.24, 2.45) is 7.05 Å². The summed E-state index contributed by atoms with van der Waals surface area (Å²) in [5.74, 6) is -0.0313. The number of aromatic nitrogens is 2. The van der Waals surface area contributed by atoms with Crippen LogP contribution in [0.3, 0.4) is 0 Å². The molecule has 2 aromatic heterocycles. The summed E-state index contributed by atoms with van der Waals surface area (Å²) < 4.78 is 2.04. The Morgan fingerprint density at radius 2 is 2.26 bits per heavy atom. The topological polar surface area (TPSA) is 50.2 Å². The van der Waals surface area contributed by atoms with Gasteiger partial charge in [-0.15, -0.1) is 11.3 Å². The summed E-state index contributed by atoms with van der Waals surface area (Å²) in [6.07, 6.45) is 3.60. The molecule has 0 aliphatic carbocycles. The molecular formula is C17H24N4OS. The second-order valence-electron chi connectivity index (χ2n) is 6.12. The number of likely N-dealkylation sites (tertiary alicyclic amines) is 1. The van der Waals surface area contributed by atoms with E-state index in [1.54, 1.807) is 18.4 Å². The monoisotopic (exact) mass is 332 g/mol. The van der Waals surface area contributed by atoms with E-state index < -0.39 is 0 Å². The molecule has 0 spiro atoms. The first-order valence-corrected chi connectivity index (χ1v) is 9.01. The second-order valence-corrected chi connectivity index (χ2v) is 7.18. The maximum atomic E-state index is 12.0. The van der Waals surface area contributed by atoms with Gasteiger partial charge in [0.05, 0.1) is 16.7 Å². The van der Waals surface area contributed by atoms with E-state index in [9.17, 15) is 4.79 Å². The van der Waals surface area contributed by atoms with E-state index in [2.05, 4.69) is 33.6 Å². The molecule has 2 aromatic rings. The van der Waals surface area contributed by atoms with Crippen LogP contribution in [0.2, 0.25) is 0 Å². The summed E-state index contributed by atoms with van der Waals surface area (Å²) in [7, 11) is 3.66. The summed E-state index contributed by atoms with van der Waals surface area (Å²) >= 11 is 1.71. The van der Waals surface area contributed by atoms with Gasteiger partial charge in [-0.1, -0.05) is 6.42 Å². The van der Waals surface area contributed by atoms with Crippen LogP contribution in [0.1, 0.15) is 52.2 Å². The van der Waals surface area contributed by atoms with E-state index in [1.807, 2.05) is 17.7 Å². The molecule has 0 radical (unpaired) electrons. The van der Waals surface area contributed by atoms with E-state index in [1.165, 1.54) is 18.5 Å². The minimum atomic E-state index is -0.0313. The van der Waals surface area contributed by atoms with Crippen molar-refractivity contribution in [1.29, 1.82) is 0 Å². The van der Waals surface area contributed by atoms with Crippen molar-refractivity contribution in [3.05, 3.63) is 39.6 Å². The van der Waals surface area contributed by atoms with Gasteiger partial charge in [0, 0.05) is 31.7 Å². The standard InChI is InChI=1S/C17H24N4OS/c1-12-19-13(11-23-12)10-21-9-5-4-6-15(21)14-7-8-16(20(14)3)17(22)18-2/h7-8,11,15H,4-6,9-10H2,1-3H3,(H,18,22). The number of nitrogens with one attached hydrogen (secondary N) is 1. The van der Waals surface area contributed by atoms with Gasteiger partial charge < -0.3 is 9.88 Å². The van der Waals surface area contributed by atoms with Crippen molar-refractivity contribution in [3.8, 4) is 0 Å². The van der Waals surface area contributed by atoms with Crippen LogP contribution in [0.15, 0.2) is 17.5 Å². The van der Waals surface area contributed by atoms with Gasteiger partial charge in [0.2, 0.25) is 0 Å². The molecule has 23 heavy (non-hydrogen) atoms. The van der Waals surface area contributed by atoms with Crippen molar-refractivity contribution >= 4 is 17.2 Å². The first-order valence-electron chi connectivity index (χ1n) is 8.13. The van der Waals surface area contributed by atoms with Crippen molar-refractivity contribution < 1.29 is 4.79 Å². The Morgan fingerprint density at radius 3 is 2.96 bits per heavy atom. The smallest absolute Gasteiger partial charge is 0.267 e. The van der Waals surface area contributed by atoms with E-state index in [0.717, 1.165) is 35.9 Å². The quantitative estimate of drug-likeness (QED) is 0.936. The van der Waals surface area contributed by atoms with Crippen molar-refractivity contribution in [2.75, 3.05) is 13.6 Å². The summed E-state index contributed by atoms with van der Waals surface area (Å²) in [4.78, 5) is 19.1. The molecule has 3 rings (SSSR count). The predicted molar refractivity (Wildman–Crippen MR) is 92.7 cm³/mol. The lowest BCUT2D eigenvalue weighted by Crippen LogP contribution is -2.34. The Labute approximate surface area is 141 Å². The SMILES string of the molecule is CNC(=O)c1ccc(C2CCCCN2Cc2csc(C)n2)n1C. The lowest BCUT2D eigenvalue weighted by molar-refractivity contribution is 0.0952. The zero-order valence-electron chi connectivity index (χ0n) is 14.0. The first kappa shape index (κ1) is 16.2. The van der Waals surface area contributed by atoms with Crippen LogP contribution in [-0.2, 0) is 13.6 Å². The summed E-state index contributed by atoms with van der Waals surface area (Å²) in [5, 5.41) is 5.98. The molecule has 6 heteroatoms. The summed E-state index contributed by atoms with van der Waals surface area (Å²) in [6.45, 7) is 4.02. The summed E-state index contributed by atoms with van der Waals surface area (Å²) in [6, 6.07) is 4.38. The number of aryl methyl sites for hydroxylation is 1. The number of thiazole rings is 1. The fourth-order valence-corrected chi connectivity index (χ4v) is 4.03. The number of hydrogen-bond donors (Lipinski definition) is 1.